The third kappa shape index (κ3) is 7.07. The second-order valence-electron chi connectivity index (χ2n) is 8.50. The van der Waals surface area contributed by atoms with Gasteiger partial charge in [0.15, 0.2) is 0 Å². The molecular formula is C28H36ClNO. The Kier molecular flexibility index (Phi) is 9.39. The molecule has 2 nitrogen and oxygen atoms in total. The van der Waals surface area contributed by atoms with E-state index in [1.165, 1.54) is 47.1 Å². The maximum atomic E-state index is 6.43. The molecule has 3 aliphatic rings. The van der Waals surface area contributed by atoms with Crippen molar-refractivity contribution >= 4 is 17.2 Å². The van der Waals surface area contributed by atoms with E-state index in [1.54, 1.807) is 0 Å². The summed E-state index contributed by atoms with van der Waals surface area (Å²) in [4.78, 5) is 0. The molecule has 0 aromatic heterocycles. The van der Waals surface area contributed by atoms with Crippen LogP contribution >= 0.6 is 11.6 Å². The molecule has 1 saturated carbocycles. The number of rotatable bonds is 9. The van der Waals surface area contributed by atoms with Crippen LogP contribution in [0.25, 0.3) is 5.57 Å². The van der Waals surface area contributed by atoms with Crippen LogP contribution in [-0.2, 0) is 4.74 Å². The van der Waals surface area contributed by atoms with Crippen molar-refractivity contribution in [2.24, 2.45) is 5.92 Å². The Balaban J connectivity index is 0.00000132. The highest BCUT2D eigenvalue weighted by atomic mass is 35.5. The number of hydrogen-bond donors (Lipinski definition) is 1. The molecule has 1 fully saturated rings. The zero-order chi connectivity index (χ0) is 22.1. The third-order valence-corrected chi connectivity index (χ3v) is 6.47. The van der Waals surface area contributed by atoms with E-state index >= 15 is 0 Å². The van der Waals surface area contributed by atoms with Crippen molar-refractivity contribution in [2.75, 3.05) is 19.7 Å². The van der Waals surface area contributed by atoms with E-state index in [1.807, 2.05) is 18.2 Å². The highest BCUT2D eigenvalue weighted by molar-refractivity contribution is 6.30. The SMILES string of the molecule is C=C.C=CCCC1=CCC(OCC2=C(c3ccc(Cl)cc3)CNCC2)C=C1CC1CC1. The molecule has 4 rings (SSSR count). The molecule has 1 heterocycles. The van der Waals surface area contributed by atoms with Crippen LogP contribution in [-0.4, -0.2) is 25.8 Å². The largest absolute Gasteiger partial charge is 0.369 e. The van der Waals surface area contributed by atoms with Crippen molar-refractivity contribution < 1.29 is 4.74 Å². The molecule has 1 aliphatic heterocycles. The van der Waals surface area contributed by atoms with Crippen molar-refractivity contribution in [3.63, 3.8) is 0 Å². The van der Waals surface area contributed by atoms with Gasteiger partial charge in [-0.15, -0.1) is 19.7 Å². The van der Waals surface area contributed by atoms with Crippen molar-refractivity contribution in [3.05, 3.63) is 89.5 Å². The minimum Gasteiger partial charge on any atom is -0.369 e. The molecule has 1 N–H and O–H groups in total. The summed E-state index contributed by atoms with van der Waals surface area (Å²) in [5.41, 5.74) is 7.10. The van der Waals surface area contributed by atoms with Gasteiger partial charge in [-0.25, -0.2) is 0 Å². The summed E-state index contributed by atoms with van der Waals surface area (Å²) in [6.07, 6.45) is 15.3. The van der Waals surface area contributed by atoms with Crippen molar-refractivity contribution in [1.82, 2.24) is 5.32 Å². The standard InChI is InChI=1S/C26H32ClNO.C2H4/c1-2-3-4-20-9-12-25(16-23(20)15-19-5-6-19)29-18-22-13-14-28-17-26(22)21-7-10-24(27)11-8-21;1-2/h2,7-11,16,19,25,28H,1,3-6,12-15,17-18H2;1-2H2. The molecule has 3 heteroatoms. The van der Waals surface area contributed by atoms with Crippen LogP contribution in [0, 0.1) is 5.92 Å². The van der Waals surface area contributed by atoms with E-state index in [-0.39, 0.29) is 6.10 Å². The van der Waals surface area contributed by atoms with Crippen LogP contribution in [0.5, 0.6) is 0 Å². The number of nitrogens with one attached hydrogen (secondary N) is 1. The van der Waals surface area contributed by atoms with Gasteiger partial charge in [0.2, 0.25) is 0 Å². The van der Waals surface area contributed by atoms with Crippen LogP contribution in [0.2, 0.25) is 5.02 Å². The van der Waals surface area contributed by atoms with E-state index in [0.29, 0.717) is 6.61 Å². The number of hydrogen-bond acceptors (Lipinski definition) is 2. The summed E-state index contributed by atoms with van der Waals surface area (Å²) < 4.78 is 6.43. The fraction of sp³-hybridized carbons (Fsp3) is 0.429. The first-order valence-corrected chi connectivity index (χ1v) is 11.9. The molecule has 1 atom stereocenters. The molecule has 1 unspecified atom stereocenters. The summed E-state index contributed by atoms with van der Waals surface area (Å²) in [5.74, 6) is 0.899. The van der Waals surface area contributed by atoms with E-state index in [4.69, 9.17) is 16.3 Å². The Morgan fingerprint density at radius 1 is 1.13 bits per heavy atom. The van der Waals surface area contributed by atoms with Crippen molar-refractivity contribution in [3.8, 4) is 0 Å². The predicted molar refractivity (Wildman–Crippen MR) is 134 cm³/mol. The topological polar surface area (TPSA) is 21.3 Å². The van der Waals surface area contributed by atoms with Crippen LogP contribution in [0.15, 0.2) is 78.9 Å². The van der Waals surface area contributed by atoms with Crippen molar-refractivity contribution in [2.45, 2.75) is 51.0 Å². The summed E-state index contributed by atoms with van der Waals surface area (Å²) in [5, 5.41) is 4.28. The zero-order valence-corrected chi connectivity index (χ0v) is 19.4. The van der Waals surface area contributed by atoms with Gasteiger partial charge in [0.05, 0.1) is 12.7 Å². The van der Waals surface area contributed by atoms with Crippen LogP contribution < -0.4 is 5.32 Å². The van der Waals surface area contributed by atoms with E-state index in [0.717, 1.165) is 49.7 Å². The van der Waals surface area contributed by atoms with Gasteiger partial charge in [-0.2, -0.15) is 0 Å². The first-order chi connectivity index (χ1) is 15.2. The highest BCUT2D eigenvalue weighted by Gasteiger charge is 2.26. The Morgan fingerprint density at radius 3 is 2.61 bits per heavy atom. The van der Waals surface area contributed by atoms with E-state index in [2.05, 4.69) is 49.3 Å². The third-order valence-electron chi connectivity index (χ3n) is 6.22. The van der Waals surface area contributed by atoms with Gasteiger partial charge < -0.3 is 10.1 Å². The summed E-state index contributed by atoms with van der Waals surface area (Å²) in [6, 6.07) is 8.18. The molecule has 2 aliphatic carbocycles. The number of allylic oxidation sites excluding steroid dienone is 3. The normalized spacial score (nSPS) is 21.0. The number of benzene rings is 1. The zero-order valence-electron chi connectivity index (χ0n) is 18.7. The summed E-state index contributed by atoms with van der Waals surface area (Å²) in [7, 11) is 0. The predicted octanol–water partition coefficient (Wildman–Crippen LogP) is 7.30. The minimum atomic E-state index is 0.199. The Labute approximate surface area is 193 Å². The maximum absolute atomic E-state index is 6.43. The average Bonchev–Trinajstić information content (AvgIpc) is 3.63. The highest BCUT2D eigenvalue weighted by Crippen LogP contribution is 2.39. The second-order valence-corrected chi connectivity index (χ2v) is 8.93. The molecule has 1 aromatic rings. The minimum absolute atomic E-state index is 0.199. The number of halogens is 1. The lowest BCUT2D eigenvalue weighted by molar-refractivity contribution is 0.102. The first kappa shape index (κ1) is 23.8. The molecule has 31 heavy (non-hydrogen) atoms. The summed E-state index contributed by atoms with van der Waals surface area (Å²) >= 11 is 6.07. The fourth-order valence-electron chi connectivity index (χ4n) is 4.31. The maximum Gasteiger partial charge on any atom is 0.0800 e. The molecule has 1 aromatic carbocycles. The second kappa shape index (κ2) is 12.2. The Bertz CT molecular complexity index is 829. The molecule has 0 spiro atoms. The average molecular weight is 438 g/mol. The lowest BCUT2D eigenvalue weighted by Crippen LogP contribution is -2.27. The van der Waals surface area contributed by atoms with Crippen LogP contribution in [0.4, 0.5) is 0 Å². The van der Waals surface area contributed by atoms with Crippen molar-refractivity contribution in [1.29, 1.82) is 0 Å². The Morgan fingerprint density at radius 2 is 1.90 bits per heavy atom. The molecule has 166 valence electrons. The molecule has 0 saturated heterocycles. The van der Waals surface area contributed by atoms with Gasteiger partial charge >= 0.3 is 0 Å². The Hall–Kier alpha value is -1.87. The first-order valence-electron chi connectivity index (χ1n) is 11.5. The van der Waals surface area contributed by atoms with Gasteiger partial charge in [-0.1, -0.05) is 42.0 Å². The van der Waals surface area contributed by atoms with E-state index < -0.39 is 0 Å². The van der Waals surface area contributed by atoms with Gasteiger partial charge in [-0.05, 0) is 97.4 Å². The van der Waals surface area contributed by atoms with Gasteiger partial charge in [-0.3, -0.25) is 0 Å². The molecule has 0 bridgehead atoms. The number of ether oxygens (including phenoxy) is 1. The monoisotopic (exact) mass is 437 g/mol. The smallest absolute Gasteiger partial charge is 0.0800 e. The van der Waals surface area contributed by atoms with Gasteiger partial charge in [0, 0.05) is 11.6 Å². The molecule has 0 amide bonds. The summed E-state index contributed by atoms with van der Waals surface area (Å²) in [6.45, 7) is 12.5. The van der Waals surface area contributed by atoms with Gasteiger partial charge in [0.25, 0.3) is 0 Å². The lowest BCUT2D eigenvalue weighted by Gasteiger charge is -2.26. The fourth-order valence-corrected chi connectivity index (χ4v) is 4.44. The molecule has 0 radical (unpaired) electrons. The van der Waals surface area contributed by atoms with Crippen LogP contribution in [0.3, 0.4) is 0 Å². The molecular weight excluding hydrogens is 402 g/mol. The van der Waals surface area contributed by atoms with Gasteiger partial charge in [0.1, 0.15) is 0 Å². The quantitative estimate of drug-likeness (QED) is 0.409. The lowest BCUT2D eigenvalue weighted by atomic mass is 9.89. The van der Waals surface area contributed by atoms with Crippen LogP contribution in [0.1, 0.15) is 50.5 Å². The van der Waals surface area contributed by atoms with E-state index in [9.17, 15) is 0 Å².